The maximum Gasteiger partial charge on any atom is 0.270 e. The number of thiazole rings is 1. The van der Waals surface area contributed by atoms with Crippen LogP contribution in [-0.4, -0.2) is 55.2 Å². The predicted molar refractivity (Wildman–Crippen MR) is 104 cm³/mol. The number of aromatic nitrogens is 1. The van der Waals surface area contributed by atoms with Gasteiger partial charge in [-0.15, -0.1) is 11.3 Å². The van der Waals surface area contributed by atoms with Crippen LogP contribution in [0.4, 0.5) is 0 Å². The highest BCUT2D eigenvalue weighted by atomic mass is 35.5. The molecule has 140 valence electrons. The first kappa shape index (κ1) is 19.3. The molecular weight excluding hydrogens is 372 g/mol. The number of benzene rings is 1. The van der Waals surface area contributed by atoms with Crippen LogP contribution in [0.15, 0.2) is 29.6 Å². The minimum Gasteiger partial charge on any atom is -0.379 e. The number of rotatable bonds is 7. The van der Waals surface area contributed by atoms with Gasteiger partial charge in [-0.25, -0.2) is 4.98 Å². The van der Waals surface area contributed by atoms with Crippen LogP contribution in [0.2, 0.25) is 5.02 Å². The molecule has 6 nitrogen and oxygen atoms in total. The fourth-order valence-electron chi connectivity index (χ4n) is 2.97. The third kappa shape index (κ3) is 5.02. The van der Waals surface area contributed by atoms with E-state index < -0.39 is 0 Å². The molecule has 2 heterocycles. The smallest absolute Gasteiger partial charge is 0.270 e. The van der Waals surface area contributed by atoms with Gasteiger partial charge in [-0.2, -0.15) is 0 Å². The fourth-order valence-corrected chi connectivity index (χ4v) is 3.89. The molecule has 1 atom stereocenters. The highest BCUT2D eigenvalue weighted by Crippen LogP contribution is 2.23. The van der Waals surface area contributed by atoms with Crippen molar-refractivity contribution in [3.63, 3.8) is 0 Å². The van der Waals surface area contributed by atoms with Crippen molar-refractivity contribution < 1.29 is 9.53 Å². The molecule has 1 unspecified atom stereocenters. The fraction of sp³-hybridized carbons (Fsp3) is 0.444. The largest absolute Gasteiger partial charge is 0.379 e. The van der Waals surface area contributed by atoms with E-state index in [1.807, 2.05) is 24.3 Å². The Labute approximate surface area is 162 Å². The molecule has 1 aliphatic rings. The summed E-state index contributed by atoms with van der Waals surface area (Å²) in [7, 11) is 0. The van der Waals surface area contributed by atoms with Crippen molar-refractivity contribution in [2.24, 2.45) is 5.73 Å². The van der Waals surface area contributed by atoms with Crippen molar-refractivity contribution >= 4 is 28.8 Å². The Balaban J connectivity index is 1.68. The van der Waals surface area contributed by atoms with Gasteiger partial charge in [0.2, 0.25) is 0 Å². The summed E-state index contributed by atoms with van der Waals surface area (Å²) in [5, 5.41) is 6.40. The first-order valence-corrected chi connectivity index (χ1v) is 9.93. The molecule has 0 saturated carbocycles. The number of carbonyl (C=O) groups excluding carboxylic acids is 1. The van der Waals surface area contributed by atoms with E-state index in [0.717, 1.165) is 23.7 Å². The van der Waals surface area contributed by atoms with Crippen LogP contribution < -0.4 is 11.1 Å². The van der Waals surface area contributed by atoms with Crippen LogP contribution in [0, 0.1) is 0 Å². The molecule has 1 fully saturated rings. The number of ether oxygens (including phenoxy) is 1. The van der Waals surface area contributed by atoms with Crippen LogP contribution >= 0.6 is 22.9 Å². The summed E-state index contributed by atoms with van der Waals surface area (Å²) in [6.07, 6.45) is 0.694. The Morgan fingerprint density at radius 2 is 2.08 bits per heavy atom. The van der Waals surface area contributed by atoms with E-state index in [1.165, 1.54) is 11.3 Å². The average molecular weight is 395 g/mol. The quantitative estimate of drug-likeness (QED) is 0.751. The second-order valence-corrected chi connectivity index (χ2v) is 7.47. The number of morpholine rings is 1. The van der Waals surface area contributed by atoms with E-state index >= 15 is 0 Å². The number of nitrogens with one attached hydrogen (secondary N) is 1. The lowest BCUT2D eigenvalue weighted by atomic mass is 10.0. The first-order valence-electron chi connectivity index (χ1n) is 8.67. The average Bonchev–Trinajstić information content (AvgIpc) is 3.13. The standard InChI is InChI=1S/C18H23ClN4O2S/c19-14-3-1-13(2-4-14)16(23-7-9-25-10-8-23)11-21-18(24)15-12-26-17(22-15)5-6-20/h1-4,12,16H,5-11,20H2,(H,21,24). The molecule has 1 saturated heterocycles. The van der Waals surface area contributed by atoms with Gasteiger partial charge >= 0.3 is 0 Å². The van der Waals surface area contributed by atoms with Crippen LogP contribution in [0.1, 0.15) is 27.1 Å². The van der Waals surface area contributed by atoms with Gasteiger partial charge in [0.25, 0.3) is 5.91 Å². The molecule has 3 rings (SSSR count). The number of hydrogen-bond donors (Lipinski definition) is 2. The lowest BCUT2D eigenvalue weighted by Crippen LogP contribution is -2.43. The number of nitrogens with zero attached hydrogens (tertiary/aromatic N) is 2. The van der Waals surface area contributed by atoms with Gasteiger partial charge in [0.05, 0.1) is 24.3 Å². The Bertz CT molecular complexity index is 716. The summed E-state index contributed by atoms with van der Waals surface area (Å²) < 4.78 is 5.46. The molecule has 26 heavy (non-hydrogen) atoms. The van der Waals surface area contributed by atoms with Gasteiger partial charge in [-0.3, -0.25) is 9.69 Å². The van der Waals surface area contributed by atoms with Gasteiger partial charge in [-0.05, 0) is 24.2 Å². The van der Waals surface area contributed by atoms with Crippen molar-refractivity contribution in [2.45, 2.75) is 12.5 Å². The maximum absolute atomic E-state index is 12.5. The van der Waals surface area contributed by atoms with Gasteiger partial charge in [-0.1, -0.05) is 23.7 Å². The van der Waals surface area contributed by atoms with E-state index in [4.69, 9.17) is 22.1 Å². The number of nitrogens with two attached hydrogens (primary N) is 1. The molecular formula is C18H23ClN4O2S. The molecule has 1 amide bonds. The monoisotopic (exact) mass is 394 g/mol. The zero-order chi connectivity index (χ0) is 18.4. The van der Waals surface area contributed by atoms with E-state index in [2.05, 4.69) is 15.2 Å². The molecule has 0 bridgehead atoms. The van der Waals surface area contributed by atoms with Gasteiger partial charge in [0, 0.05) is 36.5 Å². The van der Waals surface area contributed by atoms with Crippen molar-refractivity contribution in [2.75, 3.05) is 39.4 Å². The highest BCUT2D eigenvalue weighted by Gasteiger charge is 2.23. The van der Waals surface area contributed by atoms with E-state index in [-0.39, 0.29) is 11.9 Å². The van der Waals surface area contributed by atoms with Crippen molar-refractivity contribution in [3.8, 4) is 0 Å². The third-order valence-electron chi connectivity index (χ3n) is 4.34. The summed E-state index contributed by atoms with van der Waals surface area (Å²) in [5.74, 6) is -0.156. The minimum absolute atomic E-state index is 0.0715. The van der Waals surface area contributed by atoms with Crippen LogP contribution in [-0.2, 0) is 11.2 Å². The highest BCUT2D eigenvalue weighted by molar-refractivity contribution is 7.09. The van der Waals surface area contributed by atoms with E-state index in [9.17, 15) is 4.79 Å². The normalized spacial score (nSPS) is 16.4. The predicted octanol–water partition coefficient (Wildman–Crippen LogP) is 2.10. The van der Waals surface area contributed by atoms with Crippen molar-refractivity contribution in [1.82, 2.24) is 15.2 Å². The summed E-state index contributed by atoms with van der Waals surface area (Å²) in [5.41, 5.74) is 7.12. The van der Waals surface area contributed by atoms with E-state index in [0.29, 0.717) is 43.4 Å². The van der Waals surface area contributed by atoms with Crippen molar-refractivity contribution in [1.29, 1.82) is 0 Å². The topological polar surface area (TPSA) is 80.5 Å². The zero-order valence-corrected chi connectivity index (χ0v) is 16.1. The SMILES string of the molecule is NCCc1nc(C(=O)NCC(c2ccc(Cl)cc2)N2CCOCC2)cs1. The number of halogens is 1. The van der Waals surface area contributed by atoms with Crippen molar-refractivity contribution in [3.05, 3.63) is 50.9 Å². The Morgan fingerprint density at radius 1 is 1.35 bits per heavy atom. The van der Waals surface area contributed by atoms with Crippen LogP contribution in [0.5, 0.6) is 0 Å². The van der Waals surface area contributed by atoms with Crippen LogP contribution in [0.25, 0.3) is 0 Å². The molecule has 0 spiro atoms. The van der Waals surface area contributed by atoms with Crippen LogP contribution in [0.3, 0.4) is 0 Å². The van der Waals surface area contributed by atoms with Gasteiger partial charge < -0.3 is 15.8 Å². The molecule has 2 aromatic rings. The number of hydrogen-bond acceptors (Lipinski definition) is 6. The summed E-state index contributed by atoms with van der Waals surface area (Å²) in [4.78, 5) is 19.1. The lowest BCUT2D eigenvalue weighted by Gasteiger charge is -2.34. The Kier molecular flexibility index (Phi) is 6.99. The van der Waals surface area contributed by atoms with Gasteiger partial charge in [0.15, 0.2) is 0 Å². The third-order valence-corrected chi connectivity index (χ3v) is 5.50. The first-order chi connectivity index (χ1) is 12.7. The molecule has 1 aromatic heterocycles. The molecule has 1 aromatic carbocycles. The summed E-state index contributed by atoms with van der Waals surface area (Å²) in [6, 6.07) is 7.85. The van der Waals surface area contributed by atoms with Gasteiger partial charge in [0.1, 0.15) is 5.69 Å². The molecule has 8 heteroatoms. The maximum atomic E-state index is 12.5. The minimum atomic E-state index is -0.156. The van der Waals surface area contributed by atoms with E-state index in [1.54, 1.807) is 5.38 Å². The summed E-state index contributed by atoms with van der Waals surface area (Å²) in [6.45, 7) is 4.11. The number of amides is 1. The lowest BCUT2D eigenvalue weighted by molar-refractivity contribution is 0.0162. The molecule has 1 aliphatic heterocycles. The number of carbonyl (C=O) groups is 1. The molecule has 0 aliphatic carbocycles. The second-order valence-electron chi connectivity index (χ2n) is 6.09. The molecule has 3 N–H and O–H groups in total. The summed E-state index contributed by atoms with van der Waals surface area (Å²) >= 11 is 7.49. The zero-order valence-electron chi connectivity index (χ0n) is 14.5. The molecule has 0 radical (unpaired) electrons. The second kappa shape index (κ2) is 9.43. The Hall–Kier alpha value is -1.51. The Morgan fingerprint density at radius 3 is 2.77 bits per heavy atom.